The normalized spacial score (nSPS) is 12.5. The third kappa shape index (κ3) is 3.33. The molecule has 0 aromatic heterocycles. The molecule has 0 heterocycles. The largest absolute Gasteiger partial charge is 0.207 e. The van der Waals surface area contributed by atoms with Gasteiger partial charge in [0.15, 0.2) is 11.6 Å². The van der Waals surface area contributed by atoms with Crippen molar-refractivity contribution in [1.82, 2.24) is 0 Å². The quantitative estimate of drug-likeness (QED) is 0.378. The Labute approximate surface area is 126 Å². The van der Waals surface area contributed by atoms with E-state index in [1.54, 1.807) is 0 Å². The average Bonchev–Trinajstić information content (AvgIpc) is 2.37. The summed E-state index contributed by atoms with van der Waals surface area (Å²) < 4.78 is 52.5. The minimum Gasteiger partial charge on any atom is -0.207 e. The van der Waals surface area contributed by atoms with Crippen LogP contribution >= 0.6 is 27.5 Å². The second-order valence-electron chi connectivity index (χ2n) is 4.20. The van der Waals surface area contributed by atoms with Crippen LogP contribution in [0.2, 0.25) is 5.02 Å². The van der Waals surface area contributed by atoms with E-state index in [0.29, 0.717) is 5.56 Å². The fourth-order valence-electron chi connectivity index (χ4n) is 1.77. The maximum atomic E-state index is 13.5. The number of benzene rings is 2. The van der Waals surface area contributed by atoms with Crippen molar-refractivity contribution < 1.29 is 17.6 Å². The minimum atomic E-state index is -1.05. The topological polar surface area (TPSA) is 0 Å². The third-order valence-electron chi connectivity index (χ3n) is 2.79. The molecule has 6 heteroatoms. The molecule has 0 fully saturated rings. The summed E-state index contributed by atoms with van der Waals surface area (Å²) in [5.74, 6) is -3.46. The zero-order valence-electron chi connectivity index (χ0n) is 9.94. The maximum Gasteiger partial charge on any atom is 0.160 e. The summed E-state index contributed by atoms with van der Waals surface area (Å²) in [6.45, 7) is 0. The summed E-state index contributed by atoms with van der Waals surface area (Å²) >= 11 is 9.09. The van der Waals surface area contributed by atoms with Gasteiger partial charge in [0.05, 0.1) is 0 Å². The monoisotopic (exact) mass is 366 g/mol. The van der Waals surface area contributed by atoms with Crippen LogP contribution in [0.5, 0.6) is 0 Å². The fraction of sp³-hybridized carbons (Fsp3) is 0.143. The van der Waals surface area contributed by atoms with Crippen molar-refractivity contribution in [1.29, 1.82) is 0 Å². The molecule has 1 atom stereocenters. The molecule has 0 saturated heterocycles. The van der Waals surface area contributed by atoms with Crippen molar-refractivity contribution in [2.24, 2.45) is 0 Å². The lowest BCUT2D eigenvalue weighted by atomic mass is 10.0. The van der Waals surface area contributed by atoms with E-state index in [1.807, 2.05) is 0 Å². The Morgan fingerprint density at radius 3 is 2.25 bits per heavy atom. The van der Waals surface area contributed by atoms with Gasteiger partial charge in [-0.2, -0.15) is 0 Å². The summed E-state index contributed by atoms with van der Waals surface area (Å²) in [6.07, 6.45) is 0.122. The summed E-state index contributed by atoms with van der Waals surface area (Å²) in [5.41, 5.74) is 0.545. The van der Waals surface area contributed by atoms with Gasteiger partial charge in [-0.1, -0.05) is 33.6 Å². The number of halogens is 6. The van der Waals surface area contributed by atoms with Crippen LogP contribution < -0.4 is 0 Å². The van der Waals surface area contributed by atoms with Crippen LogP contribution in [0.3, 0.4) is 0 Å². The van der Waals surface area contributed by atoms with Crippen molar-refractivity contribution >= 4 is 27.5 Å². The van der Waals surface area contributed by atoms with Gasteiger partial charge in [-0.3, -0.25) is 0 Å². The molecule has 0 aliphatic heterocycles. The first-order valence-electron chi connectivity index (χ1n) is 5.61. The molecule has 0 radical (unpaired) electrons. The van der Waals surface area contributed by atoms with E-state index < -0.39 is 28.1 Å². The van der Waals surface area contributed by atoms with Gasteiger partial charge in [0, 0.05) is 15.9 Å². The van der Waals surface area contributed by atoms with Gasteiger partial charge in [0.25, 0.3) is 0 Å². The lowest BCUT2D eigenvalue weighted by Gasteiger charge is -2.13. The van der Waals surface area contributed by atoms with Crippen LogP contribution in [0, 0.1) is 23.3 Å². The van der Waals surface area contributed by atoms with Crippen LogP contribution in [-0.2, 0) is 6.42 Å². The van der Waals surface area contributed by atoms with Crippen LogP contribution in [0.1, 0.15) is 16.0 Å². The molecule has 0 aliphatic rings. The van der Waals surface area contributed by atoms with Gasteiger partial charge >= 0.3 is 0 Å². The molecule has 20 heavy (non-hydrogen) atoms. The predicted octanol–water partition coefficient (Wildman–Crippen LogP) is 5.58. The molecule has 0 amide bonds. The molecule has 0 N–H and O–H groups in total. The molecule has 0 nitrogen and oxygen atoms in total. The van der Waals surface area contributed by atoms with E-state index in [0.717, 1.165) is 24.3 Å². The molecule has 106 valence electrons. The Kier molecular flexibility index (Phi) is 4.70. The molecule has 0 aliphatic carbocycles. The average molecular weight is 368 g/mol. The van der Waals surface area contributed by atoms with E-state index in [-0.39, 0.29) is 17.0 Å². The van der Waals surface area contributed by atoms with Gasteiger partial charge in [-0.05, 0) is 35.7 Å². The lowest BCUT2D eigenvalue weighted by molar-refractivity contribution is 0.507. The highest BCUT2D eigenvalue weighted by atomic mass is 79.9. The molecule has 0 spiro atoms. The number of alkyl halides is 1. The van der Waals surface area contributed by atoms with E-state index in [9.17, 15) is 17.6 Å². The summed E-state index contributed by atoms with van der Waals surface area (Å²) in [4.78, 5) is -0.523. The first-order chi connectivity index (χ1) is 9.38. The lowest BCUT2D eigenvalue weighted by Crippen LogP contribution is -2.01. The molecular formula is C14H8BrClF4. The molecular weight excluding hydrogens is 360 g/mol. The first-order valence-corrected chi connectivity index (χ1v) is 6.90. The molecule has 2 aromatic carbocycles. The Morgan fingerprint density at radius 2 is 1.60 bits per heavy atom. The van der Waals surface area contributed by atoms with Gasteiger partial charge in [0.1, 0.15) is 11.6 Å². The van der Waals surface area contributed by atoms with E-state index in [4.69, 9.17) is 11.6 Å². The van der Waals surface area contributed by atoms with Crippen molar-refractivity contribution in [3.63, 3.8) is 0 Å². The molecule has 1 unspecified atom stereocenters. The highest BCUT2D eigenvalue weighted by Gasteiger charge is 2.17. The van der Waals surface area contributed by atoms with E-state index in [1.165, 1.54) is 6.07 Å². The van der Waals surface area contributed by atoms with E-state index >= 15 is 0 Å². The minimum absolute atomic E-state index is 0.0355. The zero-order valence-corrected chi connectivity index (χ0v) is 12.3. The van der Waals surface area contributed by atoms with Crippen LogP contribution in [0.15, 0.2) is 30.3 Å². The smallest absolute Gasteiger partial charge is 0.160 e. The molecule has 0 saturated carbocycles. The molecule has 0 bridgehead atoms. The highest BCUT2D eigenvalue weighted by molar-refractivity contribution is 9.09. The van der Waals surface area contributed by atoms with Crippen molar-refractivity contribution in [2.75, 3.05) is 0 Å². The van der Waals surface area contributed by atoms with Gasteiger partial charge in [0.2, 0.25) is 0 Å². The Morgan fingerprint density at radius 1 is 0.950 bits per heavy atom. The highest BCUT2D eigenvalue weighted by Crippen LogP contribution is 2.34. The summed E-state index contributed by atoms with van der Waals surface area (Å²) in [7, 11) is 0. The van der Waals surface area contributed by atoms with Gasteiger partial charge in [-0.15, -0.1) is 0 Å². The SMILES string of the molecule is Fc1ccc(CC(Br)c2cc(F)c(F)cc2Cl)c(F)c1. The summed E-state index contributed by atoms with van der Waals surface area (Å²) in [5, 5.41) is 0.0355. The van der Waals surface area contributed by atoms with Crippen LogP contribution in [-0.4, -0.2) is 0 Å². The predicted molar refractivity (Wildman–Crippen MR) is 73.1 cm³/mol. The Hall–Kier alpha value is -1.07. The van der Waals surface area contributed by atoms with Crippen LogP contribution in [0.4, 0.5) is 17.6 Å². The van der Waals surface area contributed by atoms with Crippen LogP contribution in [0.25, 0.3) is 0 Å². The standard InChI is InChI=1S/C14H8BrClF4/c15-10(3-7-1-2-8(17)4-12(7)18)9-5-13(19)14(20)6-11(9)16/h1-2,4-6,10H,3H2. The molecule has 2 aromatic rings. The number of hydrogen-bond acceptors (Lipinski definition) is 0. The first kappa shape index (κ1) is 15.3. The summed E-state index contributed by atoms with van der Waals surface area (Å²) in [6, 6.07) is 5.01. The third-order valence-corrected chi connectivity index (χ3v) is 3.94. The fourth-order valence-corrected chi connectivity index (χ4v) is 2.91. The number of hydrogen-bond donors (Lipinski definition) is 0. The van der Waals surface area contributed by atoms with Crippen molar-refractivity contribution in [3.8, 4) is 0 Å². The number of rotatable bonds is 3. The van der Waals surface area contributed by atoms with Gasteiger partial charge < -0.3 is 0 Å². The molecule has 2 rings (SSSR count). The van der Waals surface area contributed by atoms with Crippen molar-refractivity contribution in [2.45, 2.75) is 11.2 Å². The Bertz CT molecular complexity index is 645. The van der Waals surface area contributed by atoms with Crippen molar-refractivity contribution in [3.05, 3.63) is 69.8 Å². The van der Waals surface area contributed by atoms with E-state index in [2.05, 4.69) is 15.9 Å². The second kappa shape index (κ2) is 6.14. The second-order valence-corrected chi connectivity index (χ2v) is 5.71. The zero-order chi connectivity index (χ0) is 14.9. The Balaban J connectivity index is 2.28. The van der Waals surface area contributed by atoms with Gasteiger partial charge in [-0.25, -0.2) is 17.6 Å². The maximum absolute atomic E-state index is 13.5.